The Morgan fingerprint density at radius 3 is 2.25 bits per heavy atom. The molecule has 1 aliphatic rings. The van der Waals surface area contributed by atoms with Crippen LogP contribution in [0.25, 0.3) is 22.3 Å². The molecule has 0 spiro atoms. The molecular formula is C42H43ClN6O7. The van der Waals surface area contributed by atoms with Crippen LogP contribution in [0.1, 0.15) is 64.8 Å². The van der Waals surface area contributed by atoms with Gasteiger partial charge < -0.3 is 36.8 Å². The third kappa shape index (κ3) is 9.34. The number of unbranched alkanes of at least 4 members (excludes halogenated alkanes) is 1. The Balaban J connectivity index is 1.55. The lowest BCUT2D eigenvalue weighted by atomic mass is 9.89. The van der Waals surface area contributed by atoms with Gasteiger partial charge in [-0.25, -0.2) is 4.79 Å². The number of carboxylic acid groups (broad SMARTS) is 1. The summed E-state index contributed by atoms with van der Waals surface area (Å²) in [6, 6.07) is 18.5. The Hall–Kier alpha value is -6.23. The highest BCUT2D eigenvalue weighted by molar-refractivity contribution is 6.30. The fraction of sp³-hybridized carbons (Fsp3) is 0.286. The highest BCUT2D eigenvalue weighted by Crippen LogP contribution is 2.37. The molecule has 0 radical (unpaired) electrons. The first-order chi connectivity index (χ1) is 26.7. The third-order valence-corrected chi connectivity index (χ3v) is 10.1. The number of likely N-dealkylation sites (N-methyl/N-ethyl adjacent to an activating group) is 1. The van der Waals surface area contributed by atoms with Crippen LogP contribution in [0.3, 0.4) is 0 Å². The minimum Gasteiger partial charge on any atom is -0.507 e. The largest absolute Gasteiger partial charge is 0.507 e. The summed E-state index contributed by atoms with van der Waals surface area (Å²) in [5.41, 5.74) is 9.70. The molecule has 0 saturated carbocycles. The number of phenolic OH excluding ortho intramolecular Hbond substituents is 1. The summed E-state index contributed by atoms with van der Waals surface area (Å²) in [5.74, 6) is -4.25. The summed E-state index contributed by atoms with van der Waals surface area (Å²) in [7, 11) is 1.38. The maximum absolute atomic E-state index is 14.5. The number of hydrogen-bond acceptors (Lipinski definition) is 8. The van der Waals surface area contributed by atoms with Crippen LogP contribution in [-0.2, 0) is 25.6 Å². The molecule has 56 heavy (non-hydrogen) atoms. The van der Waals surface area contributed by atoms with E-state index in [2.05, 4.69) is 22.0 Å². The lowest BCUT2D eigenvalue weighted by molar-refractivity contribution is -0.143. The molecule has 290 valence electrons. The van der Waals surface area contributed by atoms with Crippen molar-refractivity contribution in [1.82, 2.24) is 20.9 Å². The van der Waals surface area contributed by atoms with Crippen molar-refractivity contribution < 1.29 is 34.2 Å². The summed E-state index contributed by atoms with van der Waals surface area (Å²) in [5, 5.41) is 39.7. The van der Waals surface area contributed by atoms with Gasteiger partial charge in [0.15, 0.2) is 0 Å². The Morgan fingerprint density at radius 1 is 0.964 bits per heavy atom. The van der Waals surface area contributed by atoms with Gasteiger partial charge in [0.1, 0.15) is 29.9 Å². The van der Waals surface area contributed by atoms with Crippen LogP contribution in [0.5, 0.6) is 5.75 Å². The molecule has 4 bridgehead atoms. The van der Waals surface area contributed by atoms with Crippen molar-refractivity contribution >= 4 is 41.2 Å². The van der Waals surface area contributed by atoms with E-state index in [1.807, 2.05) is 12.1 Å². The minimum absolute atomic E-state index is 0.136. The van der Waals surface area contributed by atoms with E-state index in [9.17, 15) is 39.4 Å². The number of aliphatic carboxylic acids is 1. The third-order valence-electron chi connectivity index (χ3n) is 9.88. The van der Waals surface area contributed by atoms with Crippen LogP contribution in [-0.4, -0.2) is 76.4 Å². The minimum atomic E-state index is -1.46. The number of nitrogens with one attached hydrogen (secondary N) is 3. The number of benzene rings is 4. The van der Waals surface area contributed by atoms with Crippen LogP contribution in [0.4, 0.5) is 0 Å². The molecule has 1 heterocycles. The van der Waals surface area contributed by atoms with E-state index in [0.717, 1.165) is 16.0 Å². The SMILES string of the molecule is Cc1c(C#N)cc2cc1-c1cc(ccc1O)C[C@@H](C(=O)O)NC(=O)[C@H](C)NC(=O)[C@H]2N(C)C(=O)[C@H](CCCCN)NC(=O)c1ccc(-c2ccc(Cl)cc2)cc1. The number of aromatic hydroxyl groups is 1. The Morgan fingerprint density at radius 2 is 1.62 bits per heavy atom. The summed E-state index contributed by atoms with van der Waals surface area (Å²) in [6.07, 6.45) is 1.07. The molecule has 4 aromatic rings. The molecule has 7 N–H and O–H groups in total. The molecule has 14 heteroatoms. The molecule has 4 amide bonds. The number of hydrogen-bond donors (Lipinski definition) is 6. The predicted octanol–water partition coefficient (Wildman–Crippen LogP) is 4.62. The van der Waals surface area contributed by atoms with E-state index in [1.165, 1.54) is 32.2 Å². The Kier molecular flexibility index (Phi) is 13.1. The molecular weight excluding hydrogens is 736 g/mol. The van der Waals surface area contributed by atoms with E-state index >= 15 is 0 Å². The number of carbonyl (C=O) groups excluding carboxylic acids is 4. The number of nitriles is 1. The summed E-state index contributed by atoms with van der Waals surface area (Å²) in [6.45, 7) is 3.40. The quantitative estimate of drug-likeness (QED) is 0.124. The number of nitrogens with two attached hydrogens (primary N) is 1. The zero-order chi connectivity index (χ0) is 40.7. The summed E-state index contributed by atoms with van der Waals surface area (Å²) >= 11 is 6.03. The molecule has 0 aliphatic carbocycles. The molecule has 1 aliphatic heterocycles. The van der Waals surface area contributed by atoms with Gasteiger partial charge in [-0.3, -0.25) is 19.2 Å². The van der Waals surface area contributed by atoms with E-state index < -0.39 is 53.8 Å². The van der Waals surface area contributed by atoms with Crippen LogP contribution >= 0.6 is 11.6 Å². The second-order valence-electron chi connectivity index (χ2n) is 13.8. The summed E-state index contributed by atoms with van der Waals surface area (Å²) in [4.78, 5) is 69.1. The molecule has 4 atom stereocenters. The lowest BCUT2D eigenvalue weighted by Gasteiger charge is -2.33. The maximum Gasteiger partial charge on any atom is 0.326 e. The zero-order valence-electron chi connectivity index (χ0n) is 31.1. The highest BCUT2D eigenvalue weighted by Gasteiger charge is 2.36. The zero-order valence-corrected chi connectivity index (χ0v) is 31.9. The van der Waals surface area contributed by atoms with Crippen molar-refractivity contribution in [1.29, 1.82) is 5.26 Å². The van der Waals surface area contributed by atoms with Crippen molar-refractivity contribution in [2.24, 2.45) is 5.73 Å². The van der Waals surface area contributed by atoms with E-state index in [1.54, 1.807) is 55.5 Å². The molecule has 0 aromatic heterocycles. The van der Waals surface area contributed by atoms with Crippen LogP contribution in [0, 0.1) is 18.3 Å². The van der Waals surface area contributed by atoms with Gasteiger partial charge in [0.05, 0.1) is 11.6 Å². The maximum atomic E-state index is 14.5. The van der Waals surface area contributed by atoms with Gasteiger partial charge in [-0.2, -0.15) is 5.26 Å². The van der Waals surface area contributed by atoms with Crippen molar-refractivity contribution in [3.05, 3.63) is 112 Å². The molecule has 13 nitrogen and oxygen atoms in total. The number of amides is 4. The van der Waals surface area contributed by atoms with E-state index in [0.29, 0.717) is 46.7 Å². The molecule has 0 saturated heterocycles. The Labute approximate surface area is 329 Å². The molecule has 5 rings (SSSR count). The normalized spacial score (nSPS) is 17.3. The fourth-order valence-corrected chi connectivity index (χ4v) is 6.80. The van der Waals surface area contributed by atoms with Gasteiger partial charge in [0, 0.05) is 29.6 Å². The first-order valence-corrected chi connectivity index (χ1v) is 18.4. The van der Waals surface area contributed by atoms with Crippen molar-refractivity contribution in [3.8, 4) is 34.1 Å². The van der Waals surface area contributed by atoms with E-state index in [-0.39, 0.29) is 35.3 Å². The lowest BCUT2D eigenvalue weighted by Crippen LogP contribution is -2.54. The predicted molar refractivity (Wildman–Crippen MR) is 210 cm³/mol. The summed E-state index contributed by atoms with van der Waals surface area (Å²) < 4.78 is 0. The highest BCUT2D eigenvalue weighted by atomic mass is 35.5. The molecule has 4 aromatic carbocycles. The number of carboxylic acids is 1. The average Bonchev–Trinajstić information content (AvgIpc) is 3.18. The first kappa shape index (κ1) is 40.9. The number of halogens is 1. The van der Waals surface area contributed by atoms with Gasteiger partial charge in [0.2, 0.25) is 17.7 Å². The number of nitrogens with zero attached hydrogens (tertiary/aromatic N) is 2. The van der Waals surface area contributed by atoms with Crippen molar-refractivity contribution in [3.63, 3.8) is 0 Å². The molecule has 0 unspecified atom stereocenters. The first-order valence-electron chi connectivity index (χ1n) is 18.1. The number of phenols is 1. The standard InChI is InChI=1S/C42H43ClN6O7/c1-23-30(22-45)20-29-21-32(23)33-18-25(7-16-36(33)50)19-35(42(55)56)48-38(51)24(2)46-40(53)37(29)49(3)41(54)34(6-4-5-17-44)47-39(52)28-10-8-26(9-11-28)27-12-14-31(43)15-13-27/h7-16,18,20-21,24,34-35,37,50H,4-6,17,19,44H2,1-3H3,(H,46,53)(H,47,52)(H,48,51)(H,55,56)/t24-,34-,35-,37-/m0/s1. The van der Waals surface area contributed by atoms with Gasteiger partial charge in [-0.15, -0.1) is 0 Å². The number of carbonyl (C=O) groups is 5. The van der Waals surface area contributed by atoms with Crippen LogP contribution in [0.2, 0.25) is 5.02 Å². The second-order valence-corrected chi connectivity index (χ2v) is 14.2. The second kappa shape index (κ2) is 17.9. The van der Waals surface area contributed by atoms with Gasteiger partial charge in [-0.05, 0) is 122 Å². The monoisotopic (exact) mass is 778 g/mol. The van der Waals surface area contributed by atoms with Gasteiger partial charge in [-0.1, -0.05) is 41.9 Å². The van der Waals surface area contributed by atoms with Gasteiger partial charge >= 0.3 is 5.97 Å². The smallest absolute Gasteiger partial charge is 0.326 e. The molecule has 0 fully saturated rings. The topological polar surface area (TPSA) is 215 Å². The fourth-order valence-electron chi connectivity index (χ4n) is 6.68. The van der Waals surface area contributed by atoms with Crippen molar-refractivity contribution in [2.75, 3.05) is 13.6 Å². The average molecular weight is 779 g/mol. The van der Waals surface area contributed by atoms with Gasteiger partial charge in [0.25, 0.3) is 5.91 Å². The van der Waals surface area contributed by atoms with Crippen LogP contribution < -0.4 is 21.7 Å². The van der Waals surface area contributed by atoms with E-state index in [4.69, 9.17) is 17.3 Å². The van der Waals surface area contributed by atoms with Crippen molar-refractivity contribution in [2.45, 2.75) is 63.7 Å². The van der Waals surface area contributed by atoms with Crippen LogP contribution in [0.15, 0.2) is 78.9 Å². The number of rotatable bonds is 10. The Bertz CT molecular complexity index is 2190. The number of fused-ring (bicyclic) bond motifs is 5.